The maximum Gasteiger partial charge on any atom is 0.0596 e. The lowest BCUT2D eigenvalue weighted by molar-refractivity contribution is 0.0606. The van der Waals surface area contributed by atoms with Crippen molar-refractivity contribution in [2.24, 2.45) is 11.1 Å². The van der Waals surface area contributed by atoms with Crippen molar-refractivity contribution in [1.82, 2.24) is 4.90 Å². The summed E-state index contributed by atoms with van der Waals surface area (Å²) in [7, 11) is 2.15. The number of rotatable bonds is 7. The standard InChI is InChI=1S/C11H24N2O/c1-10(2)14-7-6-13(3)9-11(8-12)4-5-11/h10H,4-9,12H2,1-3H3. The fourth-order valence-electron chi connectivity index (χ4n) is 1.70. The van der Waals surface area contributed by atoms with Crippen LogP contribution < -0.4 is 5.73 Å². The van der Waals surface area contributed by atoms with Gasteiger partial charge >= 0.3 is 0 Å². The van der Waals surface area contributed by atoms with Crippen LogP contribution in [0.5, 0.6) is 0 Å². The Bertz CT molecular complexity index is 167. The fraction of sp³-hybridized carbons (Fsp3) is 1.00. The molecule has 0 spiro atoms. The molecule has 0 atom stereocenters. The normalized spacial score (nSPS) is 19.3. The zero-order valence-electron chi connectivity index (χ0n) is 9.75. The van der Waals surface area contributed by atoms with Crippen LogP contribution >= 0.6 is 0 Å². The highest BCUT2D eigenvalue weighted by atomic mass is 16.5. The van der Waals surface area contributed by atoms with Crippen molar-refractivity contribution in [3.63, 3.8) is 0 Å². The summed E-state index contributed by atoms with van der Waals surface area (Å²) in [6.07, 6.45) is 2.95. The maximum atomic E-state index is 5.74. The Morgan fingerprint density at radius 3 is 2.50 bits per heavy atom. The van der Waals surface area contributed by atoms with E-state index in [2.05, 4.69) is 25.8 Å². The molecule has 1 rings (SSSR count). The van der Waals surface area contributed by atoms with E-state index in [4.69, 9.17) is 10.5 Å². The van der Waals surface area contributed by atoms with Crippen molar-refractivity contribution >= 4 is 0 Å². The Kier molecular flexibility index (Phi) is 4.35. The van der Waals surface area contributed by atoms with Gasteiger partial charge in [-0.25, -0.2) is 0 Å². The number of ether oxygens (including phenoxy) is 1. The van der Waals surface area contributed by atoms with Crippen molar-refractivity contribution in [1.29, 1.82) is 0 Å². The Labute approximate surface area is 87.6 Å². The molecule has 3 heteroatoms. The smallest absolute Gasteiger partial charge is 0.0596 e. The first-order valence-corrected chi connectivity index (χ1v) is 5.58. The van der Waals surface area contributed by atoms with E-state index >= 15 is 0 Å². The summed E-state index contributed by atoms with van der Waals surface area (Å²) in [6, 6.07) is 0. The minimum Gasteiger partial charge on any atom is -0.377 e. The maximum absolute atomic E-state index is 5.74. The third-order valence-electron chi connectivity index (χ3n) is 2.92. The van der Waals surface area contributed by atoms with Crippen molar-refractivity contribution < 1.29 is 4.74 Å². The third kappa shape index (κ3) is 3.95. The first-order chi connectivity index (χ1) is 6.58. The molecule has 2 N–H and O–H groups in total. The van der Waals surface area contributed by atoms with Crippen LogP contribution in [0, 0.1) is 5.41 Å². The van der Waals surface area contributed by atoms with Gasteiger partial charge in [0.2, 0.25) is 0 Å². The zero-order valence-corrected chi connectivity index (χ0v) is 9.75. The van der Waals surface area contributed by atoms with E-state index in [9.17, 15) is 0 Å². The second-order valence-corrected chi connectivity index (χ2v) is 4.86. The van der Waals surface area contributed by atoms with Crippen LogP contribution in [-0.2, 0) is 4.74 Å². The van der Waals surface area contributed by atoms with Gasteiger partial charge in [-0.2, -0.15) is 0 Å². The van der Waals surface area contributed by atoms with Gasteiger partial charge in [0.15, 0.2) is 0 Å². The van der Waals surface area contributed by atoms with Crippen LogP contribution in [0.1, 0.15) is 26.7 Å². The van der Waals surface area contributed by atoms with E-state index in [0.29, 0.717) is 11.5 Å². The second kappa shape index (κ2) is 5.10. The highest BCUT2D eigenvalue weighted by Gasteiger charge is 2.41. The van der Waals surface area contributed by atoms with Crippen molar-refractivity contribution in [2.45, 2.75) is 32.8 Å². The second-order valence-electron chi connectivity index (χ2n) is 4.86. The topological polar surface area (TPSA) is 38.5 Å². The summed E-state index contributed by atoms with van der Waals surface area (Å²) in [4.78, 5) is 2.34. The quantitative estimate of drug-likeness (QED) is 0.668. The number of hydrogen-bond acceptors (Lipinski definition) is 3. The van der Waals surface area contributed by atoms with Crippen molar-refractivity contribution in [3.05, 3.63) is 0 Å². The average molecular weight is 200 g/mol. The molecule has 1 saturated carbocycles. The largest absolute Gasteiger partial charge is 0.377 e. The summed E-state index contributed by atoms with van der Waals surface area (Å²) >= 11 is 0. The Hall–Kier alpha value is -0.120. The predicted molar refractivity (Wildman–Crippen MR) is 59.3 cm³/mol. The lowest BCUT2D eigenvalue weighted by Crippen LogP contribution is -2.33. The van der Waals surface area contributed by atoms with E-state index in [0.717, 1.165) is 26.2 Å². The highest BCUT2D eigenvalue weighted by molar-refractivity contribution is 4.95. The van der Waals surface area contributed by atoms with Crippen molar-refractivity contribution in [2.75, 3.05) is 33.3 Å². The fourth-order valence-corrected chi connectivity index (χ4v) is 1.70. The van der Waals surface area contributed by atoms with Crippen LogP contribution in [0.2, 0.25) is 0 Å². The van der Waals surface area contributed by atoms with Gasteiger partial charge < -0.3 is 15.4 Å². The minimum atomic E-state index is 0.341. The summed E-state index contributed by atoms with van der Waals surface area (Å²) in [6.45, 7) is 7.95. The first-order valence-electron chi connectivity index (χ1n) is 5.58. The summed E-state index contributed by atoms with van der Waals surface area (Å²) in [5.74, 6) is 0. The van der Waals surface area contributed by atoms with Gasteiger partial charge in [-0.3, -0.25) is 0 Å². The van der Waals surface area contributed by atoms with Gasteiger partial charge in [-0.05, 0) is 45.7 Å². The predicted octanol–water partition coefficient (Wildman–Crippen LogP) is 1.08. The SMILES string of the molecule is CC(C)OCCN(C)CC1(CN)CC1. The number of likely N-dealkylation sites (N-methyl/N-ethyl adjacent to an activating group) is 1. The van der Waals surface area contributed by atoms with E-state index in [-0.39, 0.29) is 0 Å². The third-order valence-corrected chi connectivity index (χ3v) is 2.92. The molecule has 0 saturated heterocycles. The average Bonchev–Trinajstić information content (AvgIpc) is 2.85. The van der Waals surface area contributed by atoms with Crippen molar-refractivity contribution in [3.8, 4) is 0 Å². The molecule has 1 fully saturated rings. The number of nitrogens with two attached hydrogens (primary N) is 1. The molecule has 0 bridgehead atoms. The summed E-state index contributed by atoms with van der Waals surface area (Å²) in [5, 5.41) is 0. The van der Waals surface area contributed by atoms with Crippen LogP contribution in [0.4, 0.5) is 0 Å². The molecule has 0 aromatic heterocycles. The van der Waals surface area contributed by atoms with Gasteiger partial charge in [0.1, 0.15) is 0 Å². The van der Waals surface area contributed by atoms with Gasteiger partial charge in [0.25, 0.3) is 0 Å². The van der Waals surface area contributed by atoms with Crippen LogP contribution in [0.15, 0.2) is 0 Å². The Balaban J connectivity index is 2.07. The summed E-state index contributed by atoms with van der Waals surface area (Å²) in [5.41, 5.74) is 6.19. The van der Waals surface area contributed by atoms with E-state index < -0.39 is 0 Å². The lowest BCUT2D eigenvalue weighted by Gasteiger charge is -2.22. The molecule has 1 aliphatic rings. The lowest BCUT2D eigenvalue weighted by atomic mass is 10.1. The molecule has 0 radical (unpaired) electrons. The van der Waals surface area contributed by atoms with Gasteiger partial charge in [-0.1, -0.05) is 0 Å². The number of hydrogen-bond donors (Lipinski definition) is 1. The van der Waals surface area contributed by atoms with E-state index in [1.54, 1.807) is 0 Å². The monoisotopic (exact) mass is 200 g/mol. The zero-order chi connectivity index (χ0) is 10.6. The van der Waals surface area contributed by atoms with Gasteiger partial charge in [0, 0.05) is 13.1 Å². The van der Waals surface area contributed by atoms with Crippen LogP contribution in [-0.4, -0.2) is 44.3 Å². The van der Waals surface area contributed by atoms with Crippen LogP contribution in [0.25, 0.3) is 0 Å². The highest BCUT2D eigenvalue weighted by Crippen LogP contribution is 2.44. The van der Waals surface area contributed by atoms with Gasteiger partial charge in [-0.15, -0.1) is 0 Å². The van der Waals surface area contributed by atoms with E-state index in [1.807, 2.05) is 0 Å². The van der Waals surface area contributed by atoms with Gasteiger partial charge in [0.05, 0.1) is 12.7 Å². The minimum absolute atomic E-state index is 0.341. The summed E-state index contributed by atoms with van der Waals surface area (Å²) < 4.78 is 5.51. The van der Waals surface area contributed by atoms with E-state index in [1.165, 1.54) is 12.8 Å². The molecule has 14 heavy (non-hydrogen) atoms. The molecule has 0 aromatic rings. The molecule has 3 nitrogen and oxygen atoms in total. The molecule has 84 valence electrons. The molecular weight excluding hydrogens is 176 g/mol. The molecule has 1 aliphatic carbocycles. The molecule has 0 unspecified atom stereocenters. The molecule has 0 heterocycles. The molecule has 0 aromatic carbocycles. The van der Waals surface area contributed by atoms with Crippen LogP contribution in [0.3, 0.4) is 0 Å². The molecular formula is C11H24N2O. The Morgan fingerprint density at radius 1 is 1.43 bits per heavy atom. The first kappa shape index (κ1) is 12.0. The number of nitrogens with zero attached hydrogens (tertiary/aromatic N) is 1. The molecule has 0 amide bonds. The Morgan fingerprint density at radius 2 is 2.07 bits per heavy atom. The molecule has 0 aliphatic heterocycles.